The van der Waals surface area contributed by atoms with Crippen LogP contribution in [-0.4, -0.2) is 19.2 Å². The molecule has 0 atom stereocenters. The highest BCUT2D eigenvalue weighted by Crippen LogP contribution is 2.28. The molecule has 27 heavy (non-hydrogen) atoms. The van der Waals surface area contributed by atoms with E-state index in [9.17, 15) is 4.79 Å². The Labute approximate surface area is 164 Å². The van der Waals surface area contributed by atoms with Crippen LogP contribution >= 0.6 is 15.9 Å². The van der Waals surface area contributed by atoms with E-state index in [4.69, 9.17) is 13.9 Å². The number of benzene rings is 2. The Bertz CT molecular complexity index is 922. The molecule has 7 heteroatoms. The Kier molecular flexibility index (Phi) is 6.27. The van der Waals surface area contributed by atoms with Crippen LogP contribution in [0.4, 0.5) is 0 Å². The van der Waals surface area contributed by atoms with Gasteiger partial charge in [-0.2, -0.15) is 5.10 Å². The fourth-order valence-electron chi connectivity index (χ4n) is 2.25. The first kappa shape index (κ1) is 18.7. The van der Waals surface area contributed by atoms with E-state index in [1.54, 1.807) is 31.4 Å². The number of carbonyl (C=O) groups excluding carboxylic acids is 1. The van der Waals surface area contributed by atoms with Crippen molar-refractivity contribution in [1.82, 2.24) is 5.43 Å². The molecule has 3 rings (SSSR count). The Morgan fingerprint density at radius 2 is 2.00 bits per heavy atom. The molecule has 3 aromatic rings. The summed E-state index contributed by atoms with van der Waals surface area (Å²) in [7, 11) is 1.57. The number of carbonyl (C=O) groups is 1. The van der Waals surface area contributed by atoms with Crippen molar-refractivity contribution in [2.45, 2.75) is 6.61 Å². The average Bonchev–Trinajstić information content (AvgIpc) is 3.23. The number of nitrogens with one attached hydrogen (secondary N) is 1. The number of ether oxygens (including phenoxy) is 2. The summed E-state index contributed by atoms with van der Waals surface area (Å²) in [5, 5.41) is 3.92. The zero-order valence-corrected chi connectivity index (χ0v) is 16.1. The van der Waals surface area contributed by atoms with Gasteiger partial charge in [0.15, 0.2) is 17.3 Å². The molecule has 138 valence electrons. The topological polar surface area (TPSA) is 73.1 Å². The van der Waals surface area contributed by atoms with E-state index in [1.165, 1.54) is 12.5 Å². The van der Waals surface area contributed by atoms with E-state index in [-0.39, 0.29) is 5.76 Å². The van der Waals surface area contributed by atoms with Crippen LogP contribution in [0.2, 0.25) is 0 Å². The third-order valence-corrected chi connectivity index (χ3v) is 4.15. The van der Waals surface area contributed by atoms with Crippen molar-refractivity contribution in [3.05, 3.63) is 82.2 Å². The number of methoxy groups -OCH3 is 1. The number of nitrogens with zero attached hydrogens (tertiary/aromatic N) is 1. The second-order valence-electron chi connectivity index (χ2n) is 5.50. The van der Waals surface area contributed by atoms with E-state index in [1.807, 2.05) is 30.3 Å². The minimum absolute atomic E-state index is 0.196. The fourth-order valence-corrected chi connectivity index (χ4v) is 2.52. The summed E-state index contributed by atoms with van der Waals surface area (Å²) in [4.78, 5) is 11.7. The van der Waals surface area contributed by atoms with Crippen LogP contribution in [0.15, 0.2) is 74.9 Å². The molecule has 1 amide bonds. The van der Waals surface area contributed by atoms with Crippen molar-refractivity contribution in [2.24, 2.45) is 5.10 Å². The van der Waals surface area contributed by atoms with E-state index < -0.39 is 5.91 Å². The standard InChI is InChI=1S/C20H17BrN2O4/c1-25-19-11-15(12-22-23-20(24)18-3-2-10-26-18)6-9-17(19)27-13-14-4-7-16(21)8-5-14/h2-12H,13H2,1H3,(H,23,24)/b22-12+. The Morgan fingerprint density at radius 1 is 1.19 bits per heavy atom. The molecule has 0 saturated heterocycles. The monoisotopic (exact) mass is 428 g/mol. The average molecular weight is 429 g/mol. The summed E-state index contributed by atoms with van der Waals surface area (Å²) < 4.78 is 17.2. The molecule has 0 bridgehead atoms. The third-order valence-electron chi connectivity index (χ3n) is 3.62. The van der Waals surface area contributed by atoms with Crippen molar-refractivity contribution in [1.29, 1.82) is 0 Å². The van der Waals surface area contributed by atoms with Gasteiger partial charge < -0.3 is 13.9 Å². The lowest BCUT2D eigenvalue weighted by Crippen LogP contribution is -2.16. The smallest absolute Gasteiger partial charge is 0.307 e. The maximum Gasteiger partial charge on any atom is 0.307 e. The summed E-state index contributed by atoms with van der Waals surface area (Å²) in [6.07, 6.45) is 2.94. The summed E-state index contributed by atoms with van der Waals surface area (Å²) in [5.41, 5.74) is 4.20. The van der Waals surface area contributed by atoms with Crippen LogP contribution in [0, 0.1) is 0 Å². The number of furan rings is 1. The predicted molar refractivity (Wildman–Crippen MR) is 105 cm³/mol. The van der Waals surface area contributed by atoms with Crippen molar-refractivity contribution in [3.63, 3.8) is 0 Å². The molecule has 0 saturated carbocycles. The third kappa shape index (κ3) is 5.21. The Hall–Kier alpha value is -3.06. The number of hydrazone groups is 1. The first-order valence-electron chi connectivity index (χ1n) is 8.08. The van der Waals surface area contributed by atoms with Gasteiger partial charge in [-0.1, -0.05) is 28.1 Å². The van der Waals surface area contributed by atoms with Gasteiger partial charge in [-0.25, -0.2) is 5.43 Å². The first-order chi connectivity index (χ1) is 13.2. The predicted octanol–water partition coefficient (Wildman–Crippen LogP) is 4.39. The van der Waals surface area contributed by atoms with E-state index >= 15 is 0 Å². The summed E-state index contributed by atoms with van der Waals surface area (Å²) in [5.74, 6) is 0.977. The van der Waals surface area contributed by atoms with Gasteiger partial charge in [-0.15, -0.1) is 0 Å². The molecule has 0 aliphatic rings. The van der Waals surface area contributed by atoms with Crippen molar-refractivity contribution in [3.8, 4) is 11.5 Å². The lowest BCUT2D eigenvalue weighted by Gasteiger charge is -2.11. The van der Waals surface area contributed by atoms with E-state index in [2.05, 4.69) is 26.5 Å². The SMILES string of the molecule is COc1cc(/C=N/NC(=O)c2ccco2)ccc1OCc1ccc(Br)cc1. The number of rotatable bonds is 7. The van der Waals surface area contributed by atoms with E-state index in [0.717, 1.165) is 15.6 Å². The van der Waals surface area contributed by atoms with Crippen LogP contribution in [0.25, 0.3) is 0 Å². The zero-order valence-electron chi connectivity index (χ0n) is 14.5. The molecule has 0 fully saturated rings. The molecule has 6 nitrogen and oxygen atoms in total. The molecular formula is C20H17BrN2O4. The summed E-state index contributed by atoms with van der Waals surface area (Å²) in [6, 6.07) is 16.5. The van der Waals surface area contributed by atoms with Gasteiger partial charge >= 0.3 is 5.91 Å². The maximum absolute atomic E-state index is 11.7. The normalized spacial score (nSPS) is 10.7. The van der Waals surface area contributed by atoms with Crippen LogP contribution in [0.5, 0.6) is 11.5 Å². The Morgan fingerprint density at radius 3 is 2.70 bits per heavy atom. The second kappa shape index (κ2) is 9.05. The van der Waals surface area contributed by atoms with Gasteiger partial charge in [0.1, 0.15) is 6.61 Å². The highest BCUT2D eigenvalue weighted by molar-refractivity contribution is 9.10. The van der Waals surface area contributed by atoms with Gasteiger partial charge in [-0.05, 0) is 53.6 Å². The molecule has 0 spiro atoms. The van der Waals surface area contributed by atoms with Crippen LogP contribution in [0.1, 0.15) is 21.7 Å². The molecule has 1 N–H and O–H groups in total. The molecular weight excluding hydrogens is 412 g/mol. The van der Waals surface area contributed by atoms with Gasteiger partial charge in [0.25, 0.3) is 0 Å². The number of hydrogen-bond donors (Lipinski definition) is 1. The molecule has 1 aromatic heterocycles. The van der Waals surface area contributed by atoms with Crippen molar-refractivity contribution in [2.75, 3.05) is 7.11 Å². The number of amides is 1. The highest BCUT2D eigenvalue weighted by Gasteiger charge is 2.07. The summed E-state index contributed by atoms with van der Waals surface area (Å²) >= 11 is 3.41. The lowest BCUT2D eigenvalue weighted by molar-refractivity contribution is 0.0927. The maximum atomic E-state index is 11.7. The van der Waals surface area contributed by atoms with Gasteiger partial charge in [0.05, 0.1) is 19.6 Å². The largest absolute Gasteiger partial charge is 0.493 e. The lowest BCUT2D eigenvalue weighted by atomic mass is 10.2. The molecule has 1 heterocycles. The van der Waals surface area contributed by atoms with Crippen LogP contribution in [-0.2, 0) is 6.61 Å². The number of halogens is 1. The van der Waals surface area contributed by atoms with Crippen molar-refractivity contribution >= 4 is 28.1 Å². The van der Waals surface area contributed by atoms with Gasteiger partial charge in [0.2, 0.25) is 0 Å². The van der Waals surface area contributed by atoms with Crippen LogP contribution < -0.4 is 14.9 Å². The quantitative estimate of drug-likeness (QED) is 0.447. The van der Waals surface area contributed by atoms with Gasteiger partial charge in [-0.3, -0.25) is 4.79 Å². The molecule has 2 aromatic carbocycles. The van der Waals surface area contributed by atoms with Gasteiger partial charge in [0, 0.05) is 4.47 Å². The molecule has 0 aliphatic heterocycles. The Balaban J connectivity index is 1.62. The molecule has 0 unspecified atom stereocenters. The number of hydrogen-bond acceptors (Lipinski definition) is 5. The van der Waals surface area contributed by atoms with Crippen molar-refractivity contribution < 1.29 is 18.7 Å². The fraction of sp³-hybridized carbons (Fsp3) is 0.100. The molecule has 0 aliphatic carbocycles. The second-order valence-corrected chi connectivity index (χ2v) is 6.42. The molecule has 0 radical (unpaired) electrons. The van der Waals surface area contributed by atoms with Crippen LogP contribution in [0.3, 0.4) is 0 Å². The minimum atomic E-state index is -0.419. The first-order valence-corrected chi connectivity index (χ1v) is 8.87. The highest BCUT2D eigenvalue weighted by atomic mass is 79.9. The minimum Gasteiger partial charge on any atom is -0.493 e. The summed E-state index contributed by atoms with van der Waals surface area (Å²) in [6.45, 7) is 0.427. The van der Waals surface area contributed by atoms with E-state index in [0.29, 0.717) is 18.1 Å². The zero-order chi connectivity index (χ0) is 19.1.